The van der Waals surface area contributed by atoms with Crippen LogP contribution in [0.25, 0.3) is 0 Å². The van der Waals surface area contributed by atoms with Gasteiger partial charge in [-0.3, -0.25) is 14.4 Å². The number of Topliss-reactive ketones (excluding diaryl/α,β-unsaturated/α-hetero) is 2. The quantitative estimate of drug-likeness (QED) is 0.472. The molecule has 0 bridgehead atoms. The number of hydrogen-bond donors (Lipinski definition) is 0. The van der Waals surface area contributed by atoms with Crippen molar-refractivity contribution in [2.75, 3.05) is 0 Å². The largest absolute Gasteiger partial charge is 0.462 e. The Morgan fingerprint density at radius 3 is 2.08 bits per heavy atom. The topological polar surface area (TPSA) is 60.4 Å². The lowest BCUT2D eigenvalue weighted by Crippen LogP contribution is -2.18. The minimum atomic E-state index is -0.568. The third kappa shape index (κ3) is 7.18. The van der Waals surface area contributed by atoms with Gasteiger partial charge in [0.25, 0.3) is 0 Å². The van der Waals surface area contributed by atoms with Crippen LogP contribution < -0.4 is 0 Å². The van der Waals surface area contributed by atoms with Gasteiger partial charge in [-0.05, 0) is 20.8 Å². The summed E-state index contributed by atoms with van der Waals surface area (Å²) in [6.07, 6.45) is -0.462. The maximum Gasteiger partial charge on any atom is 0.313 e. The van der Waals surface area contributed by atoms with Gasteiger partial charge in [-0.15, -0.1) is 0 Å². The molecule has 0 amide bonds. The molecule has 74 valence electrons. The van der Waals surface area contributed by atoms with Crippen LogP contribution in [0.1, 0.15) is 33.6 Å². The van der Waals surface area contributed by atoms with E-state index in [-0.39, 0.29) is 24.4 Å². The van der Waals surface area contributed by atoms with Crippen LogP contribution in [0, 0.1) is 0 Å². The molecule has 0 fully saturated rings. The highest BCUT2D eigenvalue weighted by Crippen LogP contribution is 2.00. The normalized spacial score (nSPS) is 11.9. The van der Waals surface area contributed by atoms with Crippen molar-refractivity contribution in [1.29, 1.82) is 0 Å². The summed E-state index contributed by atoms with van der Waals surface area (Å²) in [6.45, 7) is 4.37. The first-order chi connectivity index (χ1) is 5.91. The van der Waals surface area contributed by atoms with Crippen molar-refractivity contribution in [2.45, 2.75) is 39.7 Å². The van der Waals surface area contributed by atoms with Gasteiger partial charge in [-0.2, -0.15) is 0 Å². The van der Waals surface area contributed by atoms with Gasteiger partial charge in [0, 0.05) is 6.42 Å². The molecule has 4 nitrogen and oxygen atoms in total. The molecule has 0 N–H and O–H groups in total. The summed E-state index contributed by atoms with van der Waals surface area (Å²) in [6, 6.07) is 0. The average molecular weight is 186 g/mol. The van der Waals surface area contributed by atoms with Crippen LogP contribution in [-0.4, -0.2) is 23.6 Å². The van der Waals surface area contributed by atoms with Crippen molar-refractivity contribution >= 4 is 17.5 Å². The van der Waals surface area contributed by atoms with Crippen LogP contribution in [0.15, 0.2) is 0 Å². The van der Waals surface area contributed by atoms with Gasteiger partial charge in [-0.1, -0.05) is 0 Å². The second-order valence-corrected chi connectivity index (χ2v) is 3.09. The van der Waals surface area contributed by atoms with Crippen molar-refractivity contribution < 1.29 is 19.1 Å². The van der Waals surface area contributed by atoms with Crippen LogP contribution in [-0.2, 0) is 19.1 Å². The summed E-state index contributed by atoms with van der Waals surface area (Å²) in [7, 11) is 0. The molecule has 0 radical (unpaired) electrons. The van der Waals surface area contributed by atoms with Gasteiger partial charge < -0.3 is 4.74 Å². The Labute approximate surface area is 77.3 Å². The van der Waals surface area contributed by atoms with E-state index in [1.807, 2.05) is 0 Å². The summed E-state index contributed by atoms with van der Waals surface area (Å²) in [5.41, 5.74) is 0. The molecule has 0 aromatic heterocycles. The Kier molecular flexibility index (Phi) is 4.96. The lowest BCUT2D eigenvalue weighted by Gasteiger charge is -2.10. The predicted molar refractivity (Wildman–Crippen MR) is 46.2 cm³/mol. The van der Waals surface area contributed by atoms with E-state index in [2.05, 4.69) is 0 Å². The van der Waals surface area contributed by atoms with Gasteiger partial charge in [0.1, 0.15) is 24.1 Å². The molecule has 0 aliphatic carbocycles. The van der Waals surface area contributed by atoms with Crippen LogP contribution in [0.5, 0.6) is 0 Å². The molecule has 4 heteroatoms. The summed E-state index contributed by atoms with van der Waals surface area (Å²) >= 11 is 0. The Bertz CT molecular complexity index is 220. The SMILES string of the molecule is CC(=O)CC(=O)OC(C)CC(C)=O. The highest BCUT2D eigenvalue weighted by Gasteiger charge is 2.12. The van der Waals surface area contributed by atoms with E-state index in [0.717, 1.165) is 0 Å². The number of carbonyl (C=O) groups excluding carboxylic acids is 3. The smallest absolute Gasteiger partial charge is 0.313 e. The minimum absolute atomic E-state index is 0.0388. The lowest BCUT2D eigenvalue weighted by molar-refractivity contribution is -0.150. The number of rotatable bonds is 5. The standard InChI is InChI=1S/C9H14O4/c1-6(10)4-8(3)13-9(12)5-7(2)11/h8H,4-5H2,1-3H3. The Morgan fingerprint density at radius 1 is 1.15 bits per heavy atom. The molecule has 13 heavy (non-hydrogen) atoms. The monoisotopic (exact) mass is 186 g/mol. The Hall–Kier alpha value is -1.19. The maximum atomic E-state index is 10.9. The lowest BCUT2D eigenvalue weighted by atomic mass is 10.2. The molecule has 1 atom stereocenters. The first-order valence-electron chi connectivity index (χ1n) is 4.10. The Balaban J connectivity index is 3.78. The van der Waals surface area contributed by atoms with Gasteiger partial charge in [0.2, 0.25) is 0 Å². The summed E-state index contributed by atoms with van der Waals surface area (Å²) in [4.78, 5) is 32.0. The van der Waals surface area contributed by atoms with E-state index in [4.69, 9.17) is 4.74 Å². The molecule has 0 rings (SSSR count). The van der Waals surface area contributed by atoms with Gasteiger partial charge in [0.05, 0.1) is 0 Å². The fraction of sp³-hybridized carbons (Fsp3) is 0.667. The second-order valence-electron chi connectivity index (χ2n) is 3.09. The van der Waals surface area contributed by atoms with Crippen LogP contribution >= 0.6 is 0 Å². The fourth-order valence-corrected chi connectivity index (χ4v) is 0.916. The molecule has 0 aromatic rings. The molecule has 0 spiro atoms. The van der Waals surface area contributed by atoms with Crippen LogP contribution in [0.4, 0.5) is 0 Å². The second kappa shape index (κ2) is 5.45. The summed E-state index contributed by atoms with van der Waals surface area (Å²) < 4.78 is 4.79. The van der Waals surface area contributed by atoms with Gasteiger partial charge in [-0.25, -0.2) is 0 Å². The van der Waals surface area contributed by atoms with E-state index < -0.39 is 12.1 Å². The van der Waals surface area contributed by atoms with E-state index in [0.29, 0.717) is 0 Å². The molecule has 0 aliphatic rings. The van der Waals surface area contributed by atoms with Crippen LogP contribution in [0.2, 0.25) is 0 Å². The molecule has 0 aliphatic heterocycles. The molecule has 0 heterocycles. The average Bonchev–Trinajstić information content (AvgIpc) is 1.80. The highest BCUT2D eigenvalue weighted by atomic mass is 16.5. The van der Waals surface area contributed by atoms with Crippen molar-refractivity contribution in [3.8, 4) is 0 Å². The van der Waals surface area contributed by atoms with Gasteiger partial charge >= 0.3 is 5.97 Å². The molecular weight excluding hydrogens is 172 g/mol. The molecule has 0 aromatic carbocycles. The number of ketones is 2. The van der Waals surface area contributed by atoms with Crippen molar-refractivity contribution in [2.24, 2.45) is 0 Å². The first-order valence-corrected chi connectivity index (χ1v) is 4.10. The Morgan fingerprint density at radius 2 is 1.69 bits per heavy atom. The number of esters is 1. The van der Waals surface area contributed by atoms with Crippen molar-refractivity contribution in [1.82, 2.24) is 0 Å². The van der Waals surface area contributed by atoms with E-state index >= 15 is 0 Å². The van der Waals surface area contributed by atoms with E-state index in [9.17, 15) is 14.4 Å². The van der Waals surface area contributed by atoms with Crippen molar-refractivity contribution in [3.63, 3.8) is 0 Å². The van der Waals surface area contributed by atoms with Crippen molar-refractivity contribution in [3.05, 3.63) is 0 Å². The number of carbonyl (C=O) groups is 3. The summed E-state index contributed by atoms with van der Waals surface area (Å²) in [5, 5.41) is 0. The maximum absolute atomic E-state index is 10.9. The minimum Gasteiger partial charge on any atom is -0.462 e. The van der Waals surface area contributed by atoms with E-state index in [1.54, 1.807) is 6.92 Å². The molecule has 0 saturated carbocycles. The zero-order valence-corrected chi connectivity index (χ0v) is 8.12. The van der Waals surface area contributed by atoms with Crippen LogP contribution in [0.3, 0.4) is 0 Å². The third-order valence-corrected chi connectivity index (χ3v) is 1.30. The van der Waals surface area contributed by atoms with E-state index in [1.165, 1.54) is 13.8 Å². The highest BCUT2D eigenvalue weighted by molar-refractivity contribution is 5.94. The van der Waals surface area contributed by atoms with Gasteiger partial charge in [0.15, 0.2) is 0 Å². The predicted octanol–water partition coefficient (Wildman–Crippen LogP) is 0.876. The zero-order valence-electron chi connectivity index (χ0n) is 8.12. The molecular formula is C9H14O4. The fourth-order valence-electron chi connectivity index (χ4n) is 0.916. The third-order valence-electron chi connectivity index (χ3n) is 1.30. The molecule has 0 saturated heterocycles. The molecule has 1 unspecified atom stereocenters. The summed E-state index contributed by atoms with van der Waals surface area (Å²) in [5.74, 6) is -0.843. The number of hydrogen-bond acceptors (Lipinski definition) is 4. The zero-order chi connectivity index (χ0) is 10.4. The first kappa shape index (κ1) is 11.8. The number of ether oxygens (including phenoxy) is 1.